The van der Waals surface area contributed by atoms with Crippen LogP contribution in [-0.4, -0.2) is 38.0 Å². The zero-order valence-electron chi connectivity index (χ0n) is 18.6. The highest BCUT2D eigenvalue weighted by Gasteiger charge is 2.14. The number of aryl methyl sites for hydroxylation is 2. The number of halogens is 1. The number of nitrogens with zero attached hydrogens (tertiary/aromatic N) is 4. The first-order chi connectivity index (χ1) is 16.4. The van der Waals surface area contributed by atoms with Crippen molar-refractivity contribution in [3.05, 3.63) is 81.1 Å². The van der Waals surface area contributed by atoms with E-state index in [9.17, 15) is 14.9 Å². The molecule has 2 aromatic carbocycles. The number of aromatic nitrogens is 3. The van der Waals surface area contributed by atoms with E-state index in [1.165, 1.54) is 36.0 Å². The minimum Gasteiger partial charge on any atom is -0.493 e. The topological polar surface area (TPSA) is 112 Å². The van der Waals surface area contributed by atoms with Crippen molar-refractivity contribution in [2.45, 2.75) is 31.5 Å². The number of thioether (sulfide) groups is 1. The summed E-state index contributed by atoms with van der Waals surface area (Å²) >= 11 is 4.72. The summed E-state index contributed by atoms with van der Waals surface area (Å²) in [7, 11) is 0. The maximum absolute atomic E-state index is 12.3. The number of nitro benzene ring substituents is 1. The summed E-state index contributed by atoms with van der Waals surface area (Å²) in [4.78, 5) is 22.6. The third-order valence-electron chi connectivity index (χ3n) is 4.74. The van der Waals surface area contributed by atoms with E-state index in [0.717, 1.165) is 28.0 Å². The molecule has 0 aliphatic heterocycles. The Labute approximate surface area is 209 Å². The van der Waals surface area contributed by atoms with Crippen LogP contribution in [0.3, 0.4) is 0 Å². The molecule has 1 amide bonds. The minimum absolute atomic E-state index is 0.0326. The number of hydrogen-bond acceptors (Lipinski definition) is 7. The van der Waals surface area contributed by atoms with Crippen molar-refractivity contribution >= 4 is 45.0 Å². The molecule has 3 rings (SSSR count). The van der Waals surface area contributed by atoms with E-state index in [1.54, 1.807) is 6.08 Å². The number of non-ortho nitro benzene ring substituents is 1. The van der Waals surface area contributed by atoms with Crippen molar-refractivity contribution in [1.82, 2.24) is 14.8 Å². The molecule has 0 aliphatic carbocycles. The molecule has 9 nitrogen and oxygen atoms in total. The van der Waals surface area contributed by atoms with Gasteiger partial charge in [0.1, 0.15) is 11.6 Å². The third-order valence-corrected chi connectivity index (χ3v) is 6.20. The second-order valence-electron chi connectivity index (χ2n) is 7.30. The largest absolute Gasteiger partial charge is 0.493 e. The van der Waals surface area contributed by atoms with E-state index < -0.39 is 4.92 Å². The Balaban J connectivity index is 1.51. The van der Waals surface area contributed by atoms with Gasteiger partial charge in [-0.1, -0.05) is 33.8 Å². The van der Waals surface area contributed by atoms with E-state index in [4.69, 9.17) is 4.74 Å². The fourth-order valence-corrected chi connectivity index (χ4v) is 4.35. The van der Waals surface area contributed by atoms with E-state index in [1.807, 2.05) is 29.7 Å². The number of nitro groups is 1. The number of carbonyl (C=O) groups is 1. The van der Waals surface area contributed by atoms with Crippen LogP contribution in [0.25, 0.3) is 0 Å². The molecule has 1 aromatic heterocycles. The maximum Gasteiger partial charge on any atom is 0.269 e. The molecule has 34 heavy (non-hydrogen) atoms. The van der Waals surface area contributed by atoms with Gasteiger partial charge in [-0.05, 0) is 49.2 Å². The summed E-state index contributed by atoms with van der Waals surface area (Å²) in [5.74, 6) is 1.53. The zero-order chi connectivity index (χ0) is 24.5. The lowest BCUT2D eigenvalue weighted by Gasteiger charge is -2.10. The standard InChI is InChI=1S/C23H24BrN5O4S/c1-3-12-28-21(5-4-13-33-20-11-6-17(24)14-16(20)2)26-27-23(28)34-15-22(30)25-18-7-9-19(10-8-18)29(31)32/h3,6-11,14H,1,4-5,12-13,15H2,2H3,(H,25,30). The number of nitrogens with one attached hydrogen (secondary N) is 1. The van der Waals surface area contributed by atoms with E-state index in [-0.39, 0.29) is 17.3 Å². The van der Waals surface area contributed by atoms with Gasteiger partial charge >= 0.3 is 0 Å². The molecular formula is C23H24BrN5O4S. The predicted molar refractivity (Wildman–Crippen MR) is 135 cm³/mol. The molecule has 0 unspecified atom stereocenters. The molecule has 0 spiro atoms. The summed E-state index contributed by atoms with van der Waals surface area (Å²) in [5.41, 5.74) is 1.52. The second kappa shape index (κ2) is 12.3. The third kappa shape index (κ3) is 7.16. The highest BCUT2D eigenvalue weighted by Crippen LogP contribution is 2.23. The Morgan fingerprint density at radius 3 is 2.74 bits per heavy atom. The Morgan fingerprint density at radius 1 is 1.29 bits per heavy atom. The van der Waals surface area contributed by atoms with Crippen LogP contribution in [0.1, 0.15) is 17.8 Å². The minimum atomic E-state index is -0.487. The van der Waals surface area contributed by atoms with Gasteiger partial charge in [-0.15, -0.1) is 16.8 Å². The van der Waals surface area contributed by atoms with Crippen LogP contribution in [0.4, 0.5) is 11.4 Å². The molecule has 1 heterocycles. The van der Waals surface area contributed by atoms with Gasteiger partial charge in [0.05, 0.1) is 17.3 Å². The number of hydrogen-bond donors (Lipinski definition) is 1. The van der Waals surface area contributed by atoms with Gasteiger partial charge in [0.15, 0.2) is 5.16 Å². The smallest absolute Gasteiger partial charge is 0.269 e. The molecule has 11 heteroatoms. The van der Waals surface area contributed by atoms with Crippen LogP contribution in [-0.2, 0) is 17.8 Å². The lowest BCUT2D eigenvalue weighted by Crippen LogP contribution is -2.15. The van der Waals surface area contributed by atoms with Crippen molar-refractivity contribution in [2.24, 2.45) is 0 Å². The number of allylic oxidation sites excluding steroid dienone is 1. The second-order valence-corrected chi connectivity index (χ2v) is 9.16. The van der Waals surface area contributed by atoms with Crippen LogP contribution in [0.5, 0.6) is 5.75 Å². The Kier molecular flexibility index (Phi) is 9.23. The van der Waals surface area contributed by atoms with Crippen molar-refractivity contribution in [3.63, 3.8) is 0 Å². The Morgan fingerprint density at radius 2 is 2.06 bits per heavy atom. The van der Waals surface area contributed by atoms with Crippen LogP contribution >= 0.6 is 27.7 Å². The van der Waals surface area contributed by atoms with Gasteiger partial charge in [0, 0.05) is 35.3 Å². The average molecular weight is 546 g/mol. The predicted octanol–water partition coefficient (Wildman–Crippen LogP) is 5.19. The number of ether oxygens (including phenoxy) is 1. The van der Waals surface area contributed by atoms with Gasteiger partial charge in [0.2, 0.25) is 5.91 Å². The Hall–Kier alpha value is -3.18. The van der Waals surface area contributed by atoms with Crippen LogP contribution in [0.15, 0.2) is 64.7 Å². The fourth-order valence-electron chi connectivity index (χ4n) is 3.10. The van der Waals surface area contributed by atoms with Gasteiger partial charge in [-0.25, -0.2) is 0 Å². The average Bonchev–Trinajstić information content (AvgIpc) is 3.18. The first-order valence-electron chi connectivity index (χ1n) is 10.5. The van der Waals surface area contributed by atoms with Crippen molar-refractivity contribution in [3.8, 4) is 5.75 Å². The number of carbonyl (C=O) groups excluding carboxylic acids is 1. The number of amides is 1. The summed E-state index contributed by atoms with van der Waals surface area (Å²) in [6, 6.07) is 11.6. The van der Waals surface area contributed by atoms with E-state index in [2.05, 4.69) is 38.0 Å². The molecule has 0 fully saturated rings. The maximum atomic E-state index is 12.3. The number of benzene rings is 2. The lowest BCUT2D eigenvalue weighted by molar-refractivity contribution is -0.384. The molecular weight excluding hydrogens is 522 g/mol. The molecule has 0 bridgehead atoms. The van der Waals surface area contributed by atoms with Crippen molar-refractivity contribution in [2.75, 3.05) is 17.7 Å². The van der Waals surface area contributed by atoms with Crippen LogP contribution < -0.4 is 10.1 Å². The van der Waals surface area contributed by atoms with Crippen molar-refractivity contribution in [1.29, 1.82) is 0 Å². The quantitative estimate of drug-likeness (QED) is 0.109. The van der Waals surface area contributed by atoms with Crippen LogP contribution in [0.2, 0.25) is 0 Å². The molecule has 0 atom stereocenters. The summed E-state index contributed by atoms with van der Waals surface area (Å²) in [6.45, 7) is 6.88. The summed E-state index contributed by atoms with van der Waals surface area (Å²) in [5, 5.41) is 22.6. The fraction of sp³-hybridized carbons (Fsp3) is 0.261. The normalized spacial score (nSPS) is 10.6. The molecule has 178 valence electrons. The molecule has 3 aromatic rings. The Bertz CT molecular complexity index is 1170. The van der Waals surface area contributed by atoms with E-state index >= 15 is 0 Å². The summed E-state index contributed by atoms with van der Waals surface area (Å²) in [6.07, 6.45) is 3.19. The lowest BCUT2D eigenvalue weighted by atomic mass is 10.2. The first kappa shape index (κ1) is 25.4. The first-order valence-corrected chi connectivity index (χ1v) is 12.2. The number of rotatable bonds is 12. The monoisotopic (exact) mass is 545 g/mol. The SMILES string of the molecule is C=CCn1c(CCCOc2ccc(Br)cc2C)nnc1SCC(=O)Nc1ccc([N+](=O)[O-])cc1. The highest BCUT2D eigenvalue weighted by atomic mass is 79.9. The van der Waals surface area contributed by atoms with Gasteiger partial charge < -0.3 is 14.6 Å². The molecule has 0 saturated heterocycles. The molecule has 1 N–H and O–H groups in total. The summed E-state index contributed by atoms with van der Waals surface area (Å²) < 4.78 is 8.83. The van der Waals surface area contributed by atoms with Gasteiger partial charge in [-0.2, -0.15) is 0 Å². The van der Waals surface area contributed by atoms with Crippen LogP contribution in [0, 0.1) is 17.0 Å². The molecule has 0 saturated carbocycles. The van der Waals surface area contributed by atoms with Gasteiger partial charge in [-0.3, -0.25) is 14.9 Å². The van der Waals surface area contributed by atoms with Gasteiger partial charge in [0.25, 0.3) is 5.69 Å². The highest BCUT2D eigenvalue weighted by molar-refractivity contribution is 9.10. The molecule has 0 aliphatic rings. The van der Waals surface area contributed by atoms with E-state index in [0.29, 0.717) is 30.4 Å². The molecule has 0 radical (unpaired) electrons. The number of anilines is 1. The zero-order valence-corrected chi connectivity index (χ0v) is 21.0. The van der Waals surface area contributed by atoms with Crippen molar-refractivity contribution < 1.29 is 14.5 Å².